The molecule has 25 heavy (non-hydrogen) atoms. The minimum absolute atomic E-state index is 0.269. The molecule has 0 radical (unpaired) electrons. The maximum Gasteiger partial charge on any atom is 0.262 e. The molecular formula is C19H19BrN2O2S. The van der Waals surface area contributed by atoms with Crippen LogP contribution in [-0.4, -0.2) is 22.5 Å². The first kappa shape index (κ1) is 17.8. The van der Waals surface area contributed by atoms with Crippen molar-refractivity contribution in [1.29, 1.82) is 0 Å². The molecular weight excluding hydrogens is 400 g/mol. The van der Waals surface area contributed by atoms with E-state index in [2.05, 4.69) is 20.7 Å². The molecule has 0 heterocycles. The van der Waals surface area contributed by atoms with Gasteiger partial charge in [0.15, 0.2) is 0 Å². The minimum atomic E-state index is -3.70. The van der Waals surface area contributed by atoms with Crippen LogP contribution >= 0.6 is 15.9 Å². The molecule has 0 unspecified atom stereocenters. The molecule has 0 atom stereocenters. The van der Waals surface area contributed by atoms with Crippen LogP contribution in [0.2, 0.25) is 0 Å². The number of anilines is 2. The topological polar surface area (TPSA) is 49.4 Å². The van der Waals surface area contributed by atoms with Crippen LogP contribution in [0.3, 0.4) is 0 Å². The van der Waals surface area contributed by atoms with Crippen LogP contribution in [0.25, 0.3) is 10.8 Å². The molecule has 0 aliphatic heterocycles. The van der Waals surface area contributed by atoms with Crippen molar-refractivity contribution in [3.8, 4) is 0 Å². The van der Waals surface area contributed by atoms with Crippen LogP contribution in [0.1, 0.15) is 5.56 Å². The van der Waals surface area contributed by atoms with E-state index in [-0.39, 0.29) is 4.90 Å². The van der Waals surface area contributed by atoms with Crippen molar-refractivity contribution in [2.45, 2.75) is 11.8 Å². The third-order valence-corrected chi connectivity index (χ3v) is 6.35. The molecule has 0 saturated carbocycles. The number of rotatable bonds is 4. The van der Waals surface area contributed by atoms with E-state index in [1.807, 2.05) is 56.3 Å². The standard InChI is InChI=1S/C19H19BrN2O2S/c1-13-10-11-14(12-17(13)20)21-25(23,24)19-9-5-6-15-16(19)7-4-8-18(15)22(2)3/h4-12,21H,1-3H3. The Balaban J connectivity index is 2.11. The Morgan fingerprint density at radius 1 is 0.960 bits per heavy atom. The molecule has 3 rings (SSSR count). The van der Waals surface area contributed by atoms with Gasteiger partial charge in [0.05, 0.1) is 4.90 Å². The molecule has 1 N–H and O–H groups in total. The maximum atomic E-state index is 13.0. The van der Waals surface area contributed by atoms with Crippen LogP contribution in [0.4, 0.5) is 11.4 Å². The quantitative estimate of drug-likeness (QED) is 0.663. The predicted octanol–water partition coefficient (Wildman–Crippen LogP) is 4.78. The average Bonchev–Trinajstić information content (AvgIpc) is 2.56. The minimum Gasteiger partial charge on any atom is -0.377 e. The highest BCUT2D eigenvalue weighted by Crippen LogP contribution is 2.31. The Labute approximate surface area is 156 Å². The van der Waals surface area contributed by atoms with Crippen LogP contribution in [0.5, 0.6) is 0 Å². The zero-order valence-electron chi connectivity index (χ0n) is 14.2. The van der Waals surface area contributed by atoms with Crippen molar-refractivity contribution in [3.63, 3.8) is 0 Å². The largest absolute Gasteiger partial charge is 0.377 e. The molecule has 0 amide bonds. The van der Waals surface area contributed by atoms with Crippen molar-refractivity contribution in [3.05, 3.63) is 64.6 Å². The number of hydrogen-bond acceptors (Lipinski definition) is 3. The summed E-state index contributed by atoms with van der Waals surface area (Å²) in [6, 6.07) is 16.4. The fourth-order valence-electron chi connectivity index (χ4n) is 2.76. The summed E-state index contributed by atoms with van der Waals surface area (Å²) in [5.74, 6) is 0. The Morgan fingerprint density at radius 2 is 1.64 bits per heavy atom. The second-order valence-electron chi connectivity index (χ2n) is 6.09. The Morgan fingerprint density at radius 3 is 2.32 bits per heavy atom. The highest BCUT2D eigenvalue weighted by atomic mass is 79.9. The molecule has 130 valence electrons. The number of halogens is 1. The van der Waals surface area contributed by atoms with E-state index in [0.29, 0.717) is 11.1 Å². The molecule has 0 bridgehead atoms. The van der Waals surface area contributed by atoms with E-state index in [1.165, 1.54) is 0 Å². The summed E-state index contributed by atoms with van der Waals surface area (Å²) in [4.78, 5) is 2.24. The number of fused-ring (bicyclic) bond motifs is 1. The van der Waals surface area contributed by atoms with Gasteiger partial charge in [-0.05, 0) is 36.8 Å². The van der Waals surface area contributed by atoms with Gasteiger partial charge < -0.3 is 4.90 Å². The van der Waals surface area contributed by atoms with Crippen LogP contribution < -0.4 is 9.62 Å². The monoisotopic (exact) mass is 418 g/mol. The number of sulfonamides is 1. The van der Waals surface area contributed by atoms with E-state index in [1.54, 1.807) is 24.3 Å². The van der Waals surface area contributed by atoms with E-state index in [9.17, 15) is 8.42 Å². The molecule has 0 fully saturated rings. The lowest BCUT2D eigenvalue weighted by atomic mass is 10.1. The highest BCUT2D eigenvalue weighted by molar-refractivity contribution is 9.10. The third-order valence-electron chi connectivity index (χ3n) is 4.05. The molecule has 4 nitrogen and oxygen atoms in total. The molecule has 0 spiro atoms. The first-order chi connectivity index (χ1) is 11.8. The second-order valence-corrected chi connectivity index (χ2v) is 8.60. The summed E-state index contributed by atoms with van der Waals surface area (Å²) in [6.07, 6.45) is 0. The zero-order valence-corrected chi connectivity index (χ0v) is 16.6. The Bertz CT molecular complexity index is 1050. The predicted molar refractivity (Wildman–Crippen MR) is 108 cm³/mol. The van der Waals surface area contributed by atoms with Gasteiger partial charge in [0.1, 0.15) is 0 Å². The summed E-state index contributed by atoms with van der Waals surface area (Å²) < 4.78 is 29.4. The van der Waals surface area contributed by atoms with Crippen molar-refractivity contribution >= 4 is 48.1 Å². The van der Waals surface area contributed by atoms with Gasteiger partial charge in [0.25, 0.3) is 10.0 Å². The van der Waals surface area contributed by atoms with Crippen LogP contribution in [0, 0.1) is 6.92 Å². The summed E-state index contributed by atoms with van der Waals surface area (Å²) in [6.45, 7) is 1.95. The number of nitrogens with one attached hydrogen (secondary N) is 1. The normalized spacial score (nSPS) is 11.5. The SMILES string of the molecule is Cc1ccc(NS(=O)(=O)c2cccc3c(N(C)C)cccc23)cc1Br. The first-order valence-electron chi connectivity index (χ1n) is 7.77. The smallest absolute Gasteiger partial charge is 0.262 e. The van der Waals surface area contributed by atoms with Gasteiger partial charge >= 0.3 is 0 Å². The average molecular weight is 419 g/mol. The second kappa shape index (κ2) is 6.69. The van der Waals surface area contributed by atoms with E-state index in [4.69, 9.17) is 0 Å². The van der Waals surface area contributed by atoms with E-state index >= 15 is 0 Å². The molecule has 0 saturated heterocycles. The van der Waals surface area contributed by atoms with Gasteiger partial charge in [-0.15, -0.1) is 0 Å². The lowest BCUT2D eigenvalue weighted by molar-refractivity contribution is 0.602. The fraction of sp³-hybridized carbons (Fsp3) is 0.158. The van der Waals surface area contributed by atoms with Crippen molar-refractivity contribution in [1.82, 2.24) is 0 Å². The highest BCUT2D eigenvalue weighted by Gasteiger charge is 2.19. The summed E-state index contributed by atoms with van der Waals surface area (Å²) in [5, 5.41) is 1.60. The molecule has 0 aromatic heterocycles. The van der Waals surface area contributed by atoms with E-state index in [0.717, 1.165) is 21.1 Å². The number of aryl methyl sites for hydroxylation is 1. The van der Waals surface area contributed by atoms with Crippen molar-refractivity contribution in [2.24, 2.45) is 0 Å². The lowest BCUT2D eigenvalue weighted by Gasteiger charge is -2.17. The lowest BCUT2D eigenvalue weighted by Crippen LogP contribution is -2.14. The molecule has 6 heteroatoms. The maximum absolute atomic E-state index is 13.0. The van der Waals surface area contributed by atoms with Gasteiger partial charge in [-0.2, -0.15) is 0 Å². The van der Waals surface area contributed by atoms with Crippen LogP contribution in [-0.2, 0) is 10.0 Å². The number of hydrogen-bond donors (Lipinski definition) is 1. The van der Waals surface area contributed by atoms with Gasteiger partial charge in [0.2, 0.25) is 0 Å². The number of benzene rings is 3. The molecule has 3 aromatic carbocycles. The summed E-state index contributed by atoms with van der Waals surface area (Å²) in [5.41, 5.74) is 2.55. The Hall–Kier alpha value is -2.05. The zero-order chi connectivity index (χ0) is 18.2. The Kier molecular flexibility index (Phi) is 4.75. The van der Waals surface area contributed by atoms with Gasteiger partial charge in [-0.25, -0.2) is 8.42 Å². The van der Waals surface area contributed by atoms with Gasteiger partial charge in [-0.1, -0.05) is 46.3 Å². The van der Waals surface area contributed by atoms with Crippen molar-refractivity contribution in [2.75, 3.05) is 23.7 Å². The molecule has 0 aliphatic rings. The third kappa shape index (κ3) is 3.50. The first-order valence-corrected chi connectivity index (χ1v) is 10.1. The number of nitrogens with zero attached hydrogens (tertiary/aromatic N) is 1. The van der Waals surface area contributed by atoms with Crippen molar-refractivity contribution < 1.29 is 8.42 Å². The van der Waals surface area contributed by atoms with Gasteiger partial charge in [0, 0.05) is 40.7 Å². The summed E-state index contributed by atoms with van der Waals surface area (Å²) in [7, 11) is 0.184. The van der Waals surface area contributed by atoms with Gasteiger partial charge in [-0.3, -0.25) is 4.72 Å². The molecule has 3 aromatic rings. The fourth-order valence-corrected chi connectivity index (χ4v) is 4.41. The molecule has 0 aliphatic carbocycles. The summed E-state index contributed by atoms with van der Waals surface area (Å²) >= 11 is 3.43. The van der Waals surface area contributed by atoms with E-state index < -0.39 is 10.0 Å². The van der Waals surface area contributed by atoms with Crippen LogP contribution in [0.15, 0.2) is 64.0 Å².